The van der Waals surface area contributed by atoms with Crippen LogP contribution in [0, 0.1) is 32.4 Å². The second kappa shape index (κ2) is 10.2. The van der Waals surface area contributed by atoms with Crippen molar-refractivity contribution in [3.63, 3.8) is 0 Å². The predicted molar refractivity (Wildman–Crippen MR) is 122 cm³/mol. The van der Waals surface area contributed by atoms with Crippen molar-refractivity contribution >= 4 is 10.9 Å². The first kappa shape index (κ1) is 21.8. The highest BCUT2D eigenvalue weighted by atomic mass is 32.2. The van der Waals surface area contributed by atoms with Crippen LogP contribution in [0.5, 0.6) is 0 Å². The van der Waals surface area contributed by atoms with Gasteiger partial charge in [0.15, 0.2) is 14.7 Å². The molecular weight excluding hydrogens is 394 g/mol. The largest absolute Gasteiger partial charge is 0.207 e. The summed E-state index contributed by atoms with van der Waals surface area (Å²) in [6.07, 6.45) is 0. The van der Waals surface area contributed by atoms with Crippen LogP contribution in [0.1, 0.15) is 16.7 Å². The SMILES string of the molecule is Cc1cc(C)c([S+](c2ccccc2)c2ccccc2)c(C)c1.Fc1cccc(F)c1. The Bertz CT molecular complexity index is 1010. The third-order valence-electron chi connectivity index (χ3n) is 4.55. The summed E-state index contributed by atoms with van der Waals surface area (Å²) in [4.78, 5) is 4.22. The van der Waals surface area contributed by atoms with E-state index in [0.717, 1.165) is 6.07 Å². The highest BCUT2D eigenvalue weighted by Crippen LogP contribution is 2.35. The Morgan fingerprint density at radius 3 is 1.33 bits per heavy atom. The molecule has 4 rings (SSSR count). The van der Waals surface area contributed by atoms with Gasteiger partial charge in [-0.25, -0.2) is 8.78 Å². The molecule has 0 radical (unpaired) electrons. The molecule has 0 atom stereocenters. The number of rotatable bonds is 3. The molecule has 4 aromatic rings. The Kier molecular flexibility index (Phi) is 7.42. The lowest BCUT2D eigenvalue weighted by Gasteiger charge is -2.13. The van der Waals surface area contributed by atoms with E-state index in [9.17, 15) is 8.78 Å². The van der Waals surface area contributed by atoms with E-state index in [4.69, 9.17) is 0 Å². The van der Waals surface area contributed by atoms with E-state index in [1.54, 1.807) is 0 Å². The van der Waals surface area contributed by atoms with E-state index in [2.05, 4.69) is 93.6 Å². The van der Waals surface area contributed by atoms with Crippen LogP contribution in [0.15, 0.2) is 112 Å². The molecule has 0 aliphatic carbocycles. The minimum absolute atomic E-state index is 0.0460. The van der Waals surface area contributed by atoms with Gasteiger partial charge >= 0.3 is 0 Å². The van der Waals surface area contributed by atoms with Crippen molar-refractivity contribution in [2.75, 3.05) is 0 Å². The Hall–Kier alpha value is -2.91. The fourth-order valence-electron chi connectivity index (χ4n) is 3.43. The zero-order valence-corrected chi connectivity index (χ0v) is 18.2. The van der Waals surface area contributed by atoms with Crippen LogP contribution in [0.25, 0.3) is 0 Å². The van der Waals surface area contributed by atoms with E-state index in [-0.39, 0.29) is 10.9 Å². The van der Waals surface area contributed by atoms with E-state index in [1.807, 2.05) is 0 Å². The standard InChI is InChI=1S/C21H21S.C6H4F2/c1-16-14-17(2)21(18(3)15-16)22(19-10-6-4-7-11-19)20-12-8-5-9-13-20;7-5-2-1-3-6(8)4-5/h4-15H,1-3H3;1-4H/q+1;. The first-order chi connectivity index (χ1) is 14.5. The molecule has 0 heterocycles. The molecule has 0 aromatic heterocycles. The molecule has 0 N–H and O–H groups in total. The van der Waals surface area contributed by atoms with Gasteiger partial charge in [-0.2, -0.15) is 0 Å². The van der Waals surface area contributed by atoms with Crippen molar-refractivity contribution in [1.82, 2.24) is 0 Å². The normalized spacial score (nSPS) is 10.5. The molecule has 0 fully saturated rings. The maximum Gasteiger partial charge on any atom is 0.172 e. The second-order valence-corrected chi connectivity index (χ2v) is 9.06. The molecule has 30 heavy (non-hydrogen) atoms. The molecule has 4 aromatic carbocycles. The molecule has 0 saturated heterocycles. The van der Waals surface area contributed by atoms with Gasteiger partial charge in [-0.3, -0.25) is 0 Å². The maximum atomic E-state index is 11.9. The van der Waals surface area contributed by atoms with Crippen LogP contribution in [0.3, 0.4) is 0 Å². The van der Waals surface area contributed by atoms with Crippen molar-refractivity contribution in [1.29, 1.82) is 0 Å². The summed E-state index contributed by atoms with van der Waals surface area (Å²) in [6.45, 7) is 6.65. The van der Waals surface area contributed by atoms with Gasteiger partial charge in [0.25, 0.3) is 0 Å². The molecule has 0 nitrogen and oxygen atoms in total. The molecule has 0 aliphatic heterocycles. The van der Waals surface area contributed by atoms with Crippen LogP contribution < -0.4 is 0 Å². The maximum absolute atomic E-state index is 11.9. The monoisotopic (exact) mass is 419 g/mol. The smallest absolute Gasteiger partial charge is 0.172 e. The third kappa shape index (κ3) is 5.58. The van der Waals surface area contributed by atoms with Crippen molar-refractivity contribution in [3.8, 4) is 0 Å². The van der Waals surface area contributed by atoms with Gasteiger partial charge in [-0.1, -0.05) is 60.2 Å². The summed E-state index contributed by atoms with van der Waals surface area (Å²) < 4.78 is 23.9. The van der Waals surface area contributed by atoms with Gasteiger partial charge in [-0.15, -0.1) is 0 Å². The Balaban J connectivity index is 0.000000269. The molecule has 0 aliphatic rings. The Morgan fingerprint density at radius 1 is 0.533 bits per heavy atom. The summed E-state index contributed by atoms with van der Waals surface area (Å²) in [5.41, 5.74) is 4.10. The summed E-state index contributed by atoms with van der Waals surface area (Å²) in [7, 11) is -0.0460. The van der Waals surface area contributed by atoms with E-state index in [1.165, 1.54) is 49.6 Å². The number of aryl methyl sites for hydroxylation is 3. The van der Waals surface area contributed by atoms with Gasteiger partial charge in [-0.05, 0) is 57.2 Å². The molecule has 0 spiro atoms. The molecule has 3 heteroatoms. The third-order valence-corrected chi connectivity index (χ3v) is 7.09. The Labute approximate surface area is 180 Å². The fraction of sp³-hybridized carbons (Fsp3) is 0.111. The highest BCUT2D eigenvalue weighted by Gasteiger charge is 2.31. The molecule has 0 bridgehead atoms. The second-order valence-electron chi connectivity index (χ2n) is 7.10. The summed E-state index contributed by atoms with van der Waals surface area (Å²) in [5.74, 6) is -1.07. The van der Waals surface area contributed by atoms with Crippen molar-refractivity contribution in [2.45, 2.75) is 35.5 Å². The molecular formula is C27H25F2S+. The van der Waals surface area contributed by atoms with Crippen LogP contribution in [0.2, 0.25) is 0 Å². The molecule has 0 saturated carbocycles. The quantitative estimate of drug-likeness (QED) is 0.299. The van der Waals surface area contributed by atoms with E-state index < -0.39 is 11.6 Å². The zero-order valence-electron chi connectivity index (χ0n) is 17.4. The summed E-state index contributed by atoms with van der Waals surface area (Å²) >= 11 is 0. The predicted octanol–water partition coefficient (Wildman–Crippen LogP) is 7.67. The average molecular weight is 420 g/mol. The van der Waals surface area contributed by atoms with Gasteiger partial charge < -0.3 is 0 Å². The minimum Gasteiger partial charge on any atom is -0.207 e. The van der Waals surface area contributed by atoms with Gasteiger partial charge in [0.1, 0.15) is 11.6 Å². The van der Waals surface area contributed by atoms with Crippen LogP contribution in [0.4, 0.5) is 8.78 Å². The Morgan fingerprint density at radius 2 is 0.967 bits per heavy atom. The van der Waals surface area contributed by atoms with Gasteiger partial charge in [0.05, 0.1) is 10.9 Å². The molecule has 0 amide bonds. The topological polar surface area (TPSA) is 0 Å². The van der Waals surface area contributed by atoms with Crippen LogP contribution in [-0.4, -0.2) is 0 Å². The number of hydrogen-bond acceptors (Lipinski definition) is 0. The molecule has 0 unspecified atom stereocenters. The van der Waals surface area contributed by atoms with Crippen molar-refractivity contribution < 1.29 is 8.78 Å². The lowest BCUT2D eigenvalue weighted by atomic mass is 10.1. The van der Waals surface area contributed by atoms with Crippen molar-refractivity contribution in [2.24, 2.45) is 0 Å². The first-order valence-electron chi connectivity index (χ1n) is 9.79. The lowest BCUT2D eigenvalue weighted by molar-refractivity contribution is 0.583. The summed E-state index contributed by atoms with van der Waals surface area (Å²) in [6, 6.07) is 30.9. The zero-order chi connectivity index (χ0) is 21.5. The van der Waals surface area contributed by atoms with Gasteiger partial charge in [0.2, 0.25) is 0 Å². The van der Waals surface area contributed by atoms with Crippen molar-refractivity contribution in [3.05, 3.63) is 125 Å². The summed E-state index contributed by atoms with van der Waals surface area (Å²) in [5, 5.41) is 0. The van der Waals surface area contributed by atoms with E-state index in [0.29, 0.717) is 0 Å². The van der Waals surface area contributed by atoms with E-state index >= 15 is 0 Å². The first-order valence-corrected chi connectivity index (χ1v) is 11.0. The highest BCUT2D eigenvalue weighted by molar-refractivity contribution is 7.97. The van der Waals surface area contributed by atoms with Gasteiger partial charge in [0, 0.05) is 17.2 Å². The number of hydrogen-bond donors (Lipinski definition) is 0. The fourth-order valence-corrected chi connectivity index (χ4v) is 5.80. The van der Waals surface area contributed by atoms with Crippen LogP contribution >= 0.6 is 0 Å². The minimum atomic E-state index is -0.537. The molecule has 152 valence electrons. The lowest BCUT2D eigenvalue weighted by Crippen LogP contribution is -2.08. The number of benzene rings is 4. The van der Waals surface area contributed by atoms with Crippen LogP contribution in [-0.2, 0) is 10.9 Å². The number of halogens is 2. The average Bonchev–Trinajstić information content (AvgIpc) is 2.72.